The van der Waals surface area contributed by atoms with Gasteiger partial charge in [0.25, 0.3) is 0 Å². The Balaban J connectivity index is 2.64. The summed E-state index contributed by atoms with van der Waals surface area (Å²) in [4.78, 5) is 12.9. The minimum Gasteiger partial charge on any atom is -0.507 e. The molecule has 13 heavy (non-hydrogen) atoms. The Labute approximate surface area is 84.1 Å². The largest absolute Gasteiger partial charge is 0.507 e. The third kappa shape index (κ3) is 1.13. The van der Waals surface area contributed by atoms with Gasteiger partial charge in [0.2, 0.25) is 5.91 Å². The molecule has 0 aromatic heterocycles. The minimum absolute atomic E-state index is 0.0568. The number of hydrogen-bond donors (Lipinski definition) is 1. The molecule has 1 aromatic carbocycles. The Bertz CT molecular complexity index is 389. The number of likely N-dealkylation sites (N-methyl/N-ethyl adjacent to an activating group) is 1. The first kappa shape index (κ1) is 8.56. The highest BCUT2D eigenvalue weighted by Gasteiger charge is 2.26. The smallest absolute Gasteiger partial charge is 0.231 e. The zero-order valence-corrected chi connectivity index (χ0v) is 8.63. The maximum Gasteiger partial charge on any atom is 0.231 e. The number of carbonyl (C=O) groups is 1. The molecule has 0 bridgehead atoms. The van der Waals surface area contributed by atoms with Crippen LogP contribution in [-0.2, 0) is 11.2 Å². The van der Waals surface area contributed by atoms with E-state index in [0.29, 0.717) is 10.9 Å². The summed E-state index contributed by atoms with van der Waals surface area (Å²) >= 11 is 3.26. The van der Waals surface area contributed by atoms with E-state index >= 15 is 0 Å². The average molecular weight is 242 g/mol. The predicted octanol–water partition coefficient (Wildman–Crippen LogP) is 1.67. The molecule has 1 aliphatic rings. The predicted molar refractivity (Wildman–Crippen MR) is 52.9 cm³/mol. The molecule has 68 valence electrons. The molecular weight excluding hydrogens is 234 g/mol. The molecule has 1 aromatic rings. The van der Waals surface area contributed by atoms with E-state index in [4.69, 9.17) is 0 Å². The quantitative estimate of drug-likeness (QED) is 0.751. The van der Waals surface area contributed by atoms with Crippen molar-refractivity contribution >= 4 is 27.5 Å². The van der Waals surface area contributed by atoms with Crippen molar-refractivity contribution in [3.63, 3.8) is 0 Å². The fraction of sp³-hybridized carbons (Fsp3) is 0.222. The molecule has 2 rings (SSSR count). The van der Waals surface area contributed by atoms with Gasteiger partial charge in [0.15, 0.2) is 0 Å². The number of halogens is 1. The summed E-state index contributed by atoms with van der Waals surface area (Å²) in [6.45, 7) is 0. The second-order valence-electron chi connectivity index (χ2n) is 3.03. The third-order valence-corrected chi connectivity index (χ3v) is 3.15. The Kier molecular flexibility index (Phi) is 1.80. The van der Waals surface area contributed by atoms with Crippen molar-refractivity contribution in [3.05, 3.63) is 22.2 Å². The third-order valence-electron chi connectivity index (χ3n) is 2.26. The molecule has 1 heterocycles. The number of anilines is 1. The summed E-state index contributed by atoms with van der Waals surface area (Å²) in [6.07, 6.45) is 0.362. The molecular formula is C9H8BrNO2. The van der Waals surface area contributed by atoms with Crippen LogP contribution in [0, 0.1) is 0 Å². The molecule has 1 aliphatic heterocycles. The second kappa shape index (κ2) is 2.73. The van der Waals surface area contributed by atoms with Crippen molar-refractivity contribution in [2.45, 2.75) is 6.42 Å². The number of benzene rings is 1. The Morgan fingerprint density at radius 1 is 1.54 bits per heavy atom. The number of phenols is 1. The summed E-state index contributed by atoms with van der Waals surface area (Å²) in [6, 6.07) is 3.33. The van der Waals surface area contributed by atoms with Crippen LogP contribution in [0.3, 0.4) is 0 Å². The fourth-order valence-corrected chi connectivity index (χ4v) is 1.96. The lowest BCUT2D eigenvalue weighted by Gasteiger charge is -2.10. The van der Waals surface area contributed by atoms with E-state index in [-0.39, 0.29) is 11.7 Å². The van der Waals surface area contributed by atoms with Crippen molar-refractivity contribution in [2.75, 3.05) is 11.9 Å². The van der Waals surface area contributed by atoms with Crippen molar-refractivity contribution in [3.8, 4) is 5.75 Å². The Morgan fingerprint density at radius 2 is 2.23 bits per heavy atom. The molecule has 0 fully saturated rings. The SMILES string of the molecule is CN1C(=O)Cc2c1ccc(O)c2Br. The molecule has 0 atom stereocenters. The molecule has 0 radical (unpaired) electrons. The molecule has 0 unspecified atom stereocenters. The van der Waals surface area contributed by atoms with E-state index in [0.717, 1.165) is 11.3 Å². The summed E-state index contributed by atoms with van der Waals surface area (Å²) < 4.78 is 0.628. The van der Waals surface area contributed by atoms with Gasteiger partial charge in [-0.25, -0.2) is 0 Å². The summed E-state index contributed by atoms with van der Waals surface area (Å²) in [5.41, 5.74) is 1.74. The zero-order chi connectivity index (χ0) is 9.59. The molecule has 1 N–H and O–H groups in total. The van der Waals surface area contributed by atoms with Crippen LogP contribution >= 0.6 is 15.9 Å². The Hall–Kier alpha value is -1.03. The van der Waals surface area contributed by atoms with Crippen LogP contribution in [0.1, 0.15) is 5.56 Å². The number of carbonyl (C=O) groups excluding carboxylic acids is 1. The molecule has 0 spiro atoms. The van der Waals surface area contributed by atoms with E-state index < -0.39 is 0 Å². The van der Waals surface area contributed by atoms with Gasteiger partial charge in [0, 0.05) is 18.3 Å². The highest BCUT2D eigenvalue weighted by atomic mass is 79.9. The minimum atomic E-state index is 0.0568. The van der Waals surface area contributed by atoms with E-state index in [2.05, 4.69) is 15.9 Å². The van der Waals surface area contributed by atoms with E-state index in [9.17, 15) is 9.90 Å². The van der Waals surface area contributed by atoms with E-state index in [1.165, 1.54) is 0 Å². The van der Waals surface area contributed by atoms with Gasteiger partial charge in [0.05, 0.1) is 10.9 Å². The highest BCUT2D eigenvalue weighted by Crippen LogP contribution is 2.38. The number of aromatic hydroxyl groups is 1. The molecule has 0 saturated carbocycles. The van der Waals surface area contributed by atoms with Gasteiger partial charge in [-0.1, -0.05) is 0 Å². The fourth-order valence-electron chi connectivity index (χ4n) is 1.49. The molecule has 1 amide bonds. The summed E-state index contributed by atoms with van der Waals surface area (Å²) in [7, 11) is 1.73. The molecule has 0 aliphatic carbocycles. The number of amides is 1. The van der Waals surface area contributed by atoms with E-state index in [1.807, 2.05) is 0 Å². The van der Waals surface area contributed by atoms with E-state index in [1.54, 1.807) is 24.1 Å². The van der Waals surface area contributed by atoms with Gasteiger partial charge in [-0.15, -0.1) is 0 Å². The molecule has 3 nitrogen and oxygen atoms in total. The standard InChI is InChI=1S/C9H8BrNO2/c1-11-6-2-3-7(12)9(10)5(6)4-8(11)13/h2-3,12H,4H2,1H3. The van der Waals surface area contributed by atoms with Crippen molar-refractivity contribution in [1.82, 2.24) is 0 Å². The number of phenolic OH excluding ortho intramolecular Hbond substituents is 1. The first-order chi connectivity index (χ1) is 6.11. The number of hydrogen-bond acceptors (Lipinski definition) is 2. The van der Waals surface area contributed by atoms with Crippen molar-refractivity contribution < 1.29 is 9.90 Å². The van der Waals surface area contributed by atoms with Crippen LogP contribution in [-0.4, -0.2) is 18.1 Å². The summed E-state index contributed by atoms with van der Waals surface area (Å²) in [5.74, 6) is 0.239. The second-order valence-corrected chi connectivity index (χ2v) is 3.82. The van der Waals surface area contributed by atoms with Gasteiger partial charge < -0.3 is 10.0 Å². The van der Waals surface area contributed by atoms with Crippen molar-refractivity contribution in [1.29, 1.82) is 0 Å². The molecule has 0 saturated heterocycles. The van der Waals surface area contributed by atoms with Crippen LogP contribution in [0.2, 0.25) is 0 Å². The number of fused-ring (bicyclic) bond motifs is 1. The average Bonchev–Trinajstić information content (AvgIpc) is 2.38. The van der Waals surface area contributed by atoms with Crippen LogP contribution in [0.25, 0.3) is 0 Å². The first-order valence-electron chi connectivity index (χ1n) is 3.88. The number of nitrogens with zero attached hydrogens (tertiary/aromatic N) is 1. The van der Waals surface area contributed by atoms with Crippen LogP contribution in [0.4, 0.5) is 5.69 Å². The maximum atomic E-state index is 11.3. The van der Waals surface area contributed by atoms with Crippen LogP contribution < -0.4 is 4.90 Å². The van der Waals surface area contributed by atoms with Gasteiger partial charge >= 0.3 is 0 Å². The van der Waals surface area contributed by atoms with Crippen LogP contribution in [0.5, 0.6) is 5.75 Å². The lowest BCUT2D eigenvalue weighted by Crippen LogP contribution is -2.20. The topological polar surface area (TPSA) is 40.5 Å². The summed E-state index contributed by atoms with van der Waals surface area (Å²) in [5, 5.41) is 9.38. The lowest BCUT2D eigenvalue weighted by molar-refractivity contribution is -0.117. The maximum absolute atomic E-state index is 11.3. The zero-order valence-electron chi connectivity index (χ0n) is 7.04. The van der Waals surface area contributed by atoms with Crippen LogP contribution in [0.15, 0.2) is 16.6 Å². The number of rotatable bonds is 0. The normalized spacial score (nSPS) is 14.9. The van der Waals surface area contributed by atoms with Gasteiger partial charge in [0.1, 0.15) is 5.75 Å². The Morgan fingerprint density at radius 3 is 2.92 bits per heavy atom. The van der Waals surface area contributed by atoms with Gasteiger partial charge in [-0.3, -0.25) is 4.79 Å². The van der Waals surface area contributed by atoms with Gasteiger partial charge in [-0.2, -0.15) is 0 Å². The first-order valence-corrected chi connectivity index (χ1v) is 4.67. The lowest BCUT2D eigenvalue weighted by atomic mass is 10.1. The monoisotopic (exact) mass is 241 g/mol. The van der Waals surface area contributed by atoms with Gasteiger partial charge in [-0.05, 0) is 28.1 Å². The van der Waals surface area contributed by atoms with Crippen molar-refractivity contribution in [2.24, 2.45) is 0 Å². The molecule has 4 heteroatoms. The highest BCUT2D eigenvalue weighted by molar-refractivity contribution is 9.10.